The molecule has 0 radical (unpaired) electrons. The van der Waals surface area contributed by atoms with E-state index < -0.39 is 0 Å². The maximum atomic E-state index is 13.1. The van der Waals surface area contributed by atoms with Crippen LogP contribution in [0.3, 0.4) is 0 Å². The van der Waals surface area contributed by atoms with Crippen LogP contribution >= 0.6 is 23.2 Å². The summed E-state index contributed by atoms with van der Waals surface area (Å²) in [4.78, 5) is 14.9. The number of halogens is 2. The molecule has 7 heteroatoms. The summed E-state index contributed by atoms with van der Waals surface area (Å²) >= 11 is 12.1. The van der Waals surface area contributed by atoms with Crippen LogP contribution in [0, 0.1) is 0 Å². The minimum absolute atomic E-state index is 0.160. The maximum Gasteiger partial charge on any atom is 0.261 e. The lowest BCUT2D eigenvalue weighted by atomic mass is 10.1. The number of carbonyl (C=O) groups excluding carboxylic acids is 1. The van der Waals surface area contributed by atoms with Crippen molar-refractivity contribution in [3.05, 3.63) is 57.6 Å². The number of hydrogen-bond donors (Lipinski definition) is 0. The highest BCUT2D eigenvalue weighted by Crippen LogP contribution is 2.33. The summed E-state index contributed by atoms with van der Waals surface area (Å²) in [6.07, 6.45) is -0.275. The van der Waals surface area contributed by atoms with E-state index in [4.69, 9.17) is 37.4 Å². The Bertz CT molecular complexity index is 790. The molecule has 0 saturated carbocycles. The molecule has 2 aromatic rings. The molecule has 5 nitrogen and oxygen atoms in total. The van der Waals surface area contributed by atoms with Gasteiger partial charge in [-0.3, -0.25) is 4.79 Å². The second-order valence-electron chi connectivity index (χ2n) is 5.82. The van der Waals surface area contributed by atoms with Crippen molar-refractivity contribution in [2.45, 2.75) is 6.10 Å². The summed E-state index contributed by atoms with van der Waals surface area (Å²) < 4.78 is 16.5. The van der Waals surface area contributed by atoms with Crippen LogP contribution in [-0.2, 0) is 4.74 Å². The van der Waals surface area contributed by atoms with E-state index in [2.05, 4.69) is 0 Å². The molecule has 3 rings (SSSR count). The molecule has 1 saturated heterocycles. The molecule has 1 aliphatic heterocycles. The highest BCUT2D eigenvalue weighted by Gasteiger charge is 2.30. The summed E-state index contributed by atoms with van der Waals surface area (Å²) in [5, 5.41) is 0.945. The zero-order chi connectivity index (χ0) is 18.7. The molecule has 1 amide bonds. The first-order valence-corrected chi connectivity index (χ1v) is 8.87. The molecular weight excluding hydrogens is 377 g/mol. The van der Waals surface area contributed by atoms with Crippen LogP contribution in [0.1, 0.15) is 22.0 Å². The number of carbonyl (C=O) groups is 1. The zero-order valence-corrected chi connectivity index (χ0v) is 16.0. The van der Waals surface area contributed by atoms with Crippen LogP contribution in [0.25, 0.3) is 0 Å². The van der Waals surface area contributed by atoms with Crippen LogP contribution in [0.4, 0.5) is 0 Å². The van der Waals surface area contributed by atoms with Crippen molar-refractivity contribution in [3.63, 3.8) is 0 Å². The molecule has 26 heavy (non-hydrogen) atoms. The third-order valence-corrected chi connectivity index (χ3v) is 5.05. The standard InChI is InChI=1S/C19H19Cl2NO4/c1-24-15-4-3-5-16(25-2)18(15)19(23)22-8-9-26-17(11-22)12-6-7-13(20)14(21)10-12/h3-7,10,17H,8-9,11H2,1-2H3. The minimum atomic E-state index is -0.275. The van der Waals surface area contributed by atoms with Crippen LogP contribution in [-0.4, -0.2) is 44.7 Å². The molecule has 2 aromatic carbocycles. The molecule has 0 bridgehead atoms. The number of hydrogen-bond acceptors (Lipinski definition) is 4. The van der Waals surface area contributed by atoms with Gasteiger partial charge in [0, 0.05) is 6.54 Å². The van der Waals surface area contributed by atoms with Crippen LogP contribution in [0.5, 0.6) is 11.5 Å². The van der Waals surface area contributed by atoms with Gasteiger partial charge in [-0.05, 0) is 29.8 Å². The number of ether oxygens (including phenoxy) is 3. The first-order valence-electron chi connectivity index (χ1n) is 8.12. The third-order valence-electron chi connectivity index (χ3n) is 4.31. The monoisotopic (exact) mass is 395 g/mol. The van der Waals surface area contributed by atoms with Gasteiger partial charge in [0.2, 0.25) is 0 Å². The lowest BCUT2D eigenvalue weighted by Gasteiger charge is -2.33. The Morgan fingerprint density at radius 2 is 1.81 bits per heavy atom. The highest BCUT2D eigenvalue weighted by atomic mass is 35.5. The zero-order valence-electron chi connectivity index (χ0n) is 14.5. The molecule has 1 heterocycles. The van der Waals surface area contributed by atoms with Crippen molar-refractivity contribution in [2.75, 3.05) is 33.9 Å². The summed E-state index contributed by atoms with van der Waals surface area (Å²) in [6.45, 7) is 1.31. The summed E-state index contributed by atoms with van der Waals surface area (Å²) in [5.41, 5.74) is 1.29. The Morgan fingerprint density at radius 3 is 2.42 bits per heavy atom. The minimum Gasteiger partial charge on any atom is -0.496 e. The summed E-state index contributed by atoms with van der Waals surface area (Å²) in [5.74, 6) is 0.798. The van der Waals surface area contributed by atoms with Crippen molar-refractivity contribution in [3.8, 4) is 11.5 Å². The van der Waals surface area contributed by atoms with Gasteiger partial charge in [0.1, 0.15) is 23.2 Å². The van der Waals surface area contributed by atoms with E-state index in [1.54, 1.807) is 35.2 Å². The quantitative estimate of drug-likeness (QED) is 0.777. The number of morpholine rings is 1. The molecular formula is C19H19Cl2NO4. The van der Waals surface area contributed by atoms with Gasteiger partial charge in [-0.1, -0.05) is 35.3 Å². The van der Waals surface area contributed by atoms with Crippen molar-refractivity contribution in [2.24, 2.45) is 0 Å². The van der Waals surface area contributed by atoms with Gasteiger partial charge >= 0.3 is 0 Å². The van der Waals surface area contributed by atoms with E-state index in [1.165, 1.54) is 14.2 Å². The molecule has 138 valence electrons. The molecule has 1 aliphatic rings. The van der Waals surface area contributed by atoms with Gasteiger partial charge in [0.15, 0.2) is 0 Å². The van der Waals surface area contributed by atoms with Crippen molar-refractivity contribution in [1.29, 1.82) is 0 Å². The topological polar surface area (TPSA) is 48.0 Å². The number of rotatable bonds is 4. The van der Waals surface area contributed by atoms with Crippen molar-refractivity contribution >= 4 is 29.1 Å². The largest absolute Gasteiger partial charge is 0.496 e. The van der Waals surface area contributed by atoms with Gasteiger partial charge in [-0.2, -0.15) is 0 Å². The first-order chi connectivity index (χ1) is 12.5. The molecule has 0 aromatic heterocycles. The molecule has 1 atom stereocenters. The lowest BCUT2D eigenvalue weighted by Crippen LogP contribution is -2.42. The van der Waals surface area contributed by atoms with Crippen LogP contribution in [0.15, 0.2) is 36.4 Å². The average molecular weight is 396 g/mol. The fraction of sp³-hybridized carbons (Fsp3) is 0.316. The van der Waals surface area contributed by atoms with Crippen LogP contribution < -0.4 is 9.47 Å². The van der Waals surface area contributed by atoms with Crippen molar-refractivity contribution in [1.82, 2.24) is 4.90 Å². The van der Waals surface area contributed by atoms with E-state index in [1.807, 2.05) is 6.07 Å². The van der Waals surface area contributed by atoms with Gasteiger partial charge in [0.25, 0.3) is 5.91 Å². The molecule has 0 N–H and O–H groups in total. The third kappa shape index (κ3) is 3.75. The molecule has 0 aliphatic carbocycles. The Morgan fingerprint density at radius 1 is 1.12 bits per heavy atom. The average Bonchev–Trinajstić information content (AvgIpc) is 2.68. The predicted octanol–water partition coefficient (Wildman–Crippen LogP) is 4.22. The summed E-state index contributed by atoms with van der Waals surface area (Å²) in [7, 11) is 3.06. The Kier molecular flexibility index (Phi) is 5.91. The normalized spacial score (nSPS) is 17.1. The Balaban J connectivity index is 1.86. The van der Waals surface area contributed by atoms with E-state index >= 15 is 0 Å². The predicted molar refractivity (Wildman–Crippen MR) is 101 cm³/mol. The SMILES string of the molecule is COc1cccc(OC)c1C(=O)N1CCOC(c2ccc(Cl)c(Cl)c2)C1. The lowest BCUT2D eigenvalue weighted by molar-refractivity contribution is -0.0230. The number of amides is 1. The second-order valence-corrected chi connectivity index (χ2v) is 6.64. The number of methoxy groups -OCH3 is 2. The first kappa shape index (κ1) is 18.8. The molecule has 0 spiro atoms. The van der Waals surface area contributed by atoms with Gasteiger partial charge < -0.3 is 19.1 Å². The van der Waals surface area contributed by atoms with E-state index in [9.17, 15) is 4.79 Å². The van der Waals surface area contributed by atoms with E-state index in [0.29, 0.717) is 46.8 Å². The van der Waals surface area contributed by atoms with Gasteiger partial charge in [0.05, 0.1) is 37.4 Å². The van der Waals surface area contributed by atoms with Gasteiger partial charge in [-0.15, -0.1) is 0 Å². The smallest absolute Gasteiger partial charge is 0.261 e. The van der Waals surface area contributed by atoms with E-state index in [0.717, 1.165) is 5.56 Å². The second kappa shape index (κ2) is 8.16. The molecule has 1 fully saturated rings. The molecule has 1 unspecified atom stereocenters. The fourth-order valence-electron chi connectivity index (χ4n) is 2.97. The number of benzene rings is 2. The maximum absolute atomic E-state index is 13.1. The van der Waals surface area contributed by atoms with Crippen molar-refractivity contribution < 1.29 is 19.0 Å². The fourth-order valence-corrected chi connectivity index (χ4v) is 3.27. The van der Waals surface area contributed by atoms with Crippen LogP contribution in [0.2, 0.25) is 10.0 Å². The Labute approximate surface area is 162 Å². The van der Waals surface area contributed by atoms with E-state index in [-0.39, 0.29) is 12.0 Å². The number of nitrogens with zero attached hydrogens (tertiary/aromatic N) is 1. The Hall–Kier alpha value is -1.95. The highest BCUT2D eigenvalue weighted by molar-refractivity contribution is 6.42. The summed E-state index contributed by atoms with van der Waals surface area (Å²) in [6, 6.07) is 10.6. The van der Waals surface area contributed by atoms with Gasteiger partial charge in [-0.25, -0.2) is 0 Å².